The molecule has 0 aromatic heterocycles. The lowest BCUT2D eigenvalue weighted by Gasteiger charge is -2.14. The Labute approximate surface area is 91.0 Å². The molecule has 0 unspecified atom stereocenters. The molecule has 0 bridgehead atoms. The quantitative estimate of drug-likeness (QED) is 0.558. The van der Waals surface area contributed by atoms with Crippen LogP contribution in [0, 0.1) is 0 Å². The molecule has 3 heteroatoms. The Morgan fingerprint density at radius 2 is 1.79 bits per heavy atom. The fourth-order valence-electron chi connectivity index (χ4n) is 2.07. The lowest BCUT2D eigenvalue weighted by Crippen LogP contribution is -3.05. The van der Waals surface area contributed by atoms with Crippen molar-refractivity contribution < 1.29 is 22.4 Å². The molecule has 1 saturated heterocycles. The van der Waals surface area contributed by atoms with Gasteiger partial charge in [0.25, 0.3) is 0 Å². The molecule has 1 fully saturated rings. The first-order chi connectivity index (χ1) is 6.42. The highest BCUT2D eigenvalue weighted by molar-refractivity contribution is 5.38. The highest BCUT2D eigenvalue weighted by atomic mass is 35.5. The molecule has 0 saturated carbocycles. The molecule has 1 aliphatic rings. The van der Waals surface area contributed by atoms with E-state index < -0.39 is 0 Å². The molecule has 0 radical (unpaired) electrons. The summed E-state index contributed by atoms with van der Waals surface area (Å²) in [7, 11) is 0. The number of rotatable bonds is 2. The third-order valence-corrected chi connectivity index (χ3v) is 2.78. The van der Waals surface area contributed by atoms with E-state index in [9.17, 15) is 0 Å². The van der Waals surface area contributed by atoms with Gasteiger partial charge in [0.1, 0.15) is 5.69 Å². The van der Waals surface area contributed by atoms with E-state index >= 15 is 0 Å². The van der Waals surface area contributed by atoms with Crippen LogP contribution in [0.2, 0.25) is 0 Å². The van der Waals surface area contributed by atoms with Crippen LogP contribution in [0.5, 0.6) is 0 Å². The summed E-state index contributed by atoms with van der Waals surface area (Å²) >= 11 is 0. The van der Waals surface area contributed by atoms with E-state index in [1.807, 2.05) is 12.1 Å². The van der Waals surface area contributed by atoms with Crippen LogP contribution in [-0.4, -0.2) is 18.2 Å². The lowest BCUT2D eigenvalue weighted by molar-refractivity contribution is -0.818. The van der Waals surface area contributed by atoms with Crippen molar-refractivity contribution in [1.29, 1.82) is 0 Å². The fraction of sp³-hybridized carbons (Fsp3) is 0.455. The van der Waals surface area contributed by atoms with Crippen molar-refractivity contribution in [3.63, 3.8) is 0 Å². The van der Waals surface area contributed by atoms with E-state index in [0.717, 1.165) is 5.56 Å². The zero-order valence-electron chi connectivity index (χ0n) is 8.17. The topological polar surface area (TPSA) is 24.7 Å². The first kappa shape index (κ1) is 11.5. The van der Waals surface area contributed by atoms with Gasteiger partial charge in [-0.15, -0.1) is 0 Å². The van der Waals surface area contributed by atoms with Crippen LogP contribution in [0.15, 0.2) is 24.3 Å². The summed E-state index contributed by atoms with van der Waals surface area (Å²) in [6, 6.07) is 8.19. The van der Waals surface area contributed by atoms with Gasteiger partial charge in [-0.1, -0.05) is 18.2 Å². The number of halogens is 1. The predicted octanol–water partition coefficient (Wildman–Crippen LogP) is -2.51. The summed E-state index contributed by atoms with van der Waals surface area (Å²) in [5, 5.41) is 9.17. The molecular formula is C11H16ClNO. The fourth-order valence-corrected chi connectivity index (χ4v) is 2.07. The van der Waals surface area contributed by atoms with Gasteiger partial charge < -0.3 is 22.4 Å². The van der Waals surface area contributed by atoms with Crippen molar-refractivity contribution in [1.82, 2.24) is 0 Å². The number of aliphatic hydroxyl groups is 1. The van der Waals surface area contributed by atoms with Crippen LogP contribution < -0.4 is 17.3 Å². The minimum Gasteiger partial charge on any atom is -1.00 e. The average molecular weight is 214 g/mol. The second-order valence-corrected chi connectivity index (χ2v) is 3.63. The molecule has 1 aromatic carbocycles. The Morgan fingerprint density at radius 1 is 1.14 bits per heavy atom. The Balaban J connectivity index is 0.000000980. The Kier molecular flexibility index (Phi) is 4.39. The van der Waals surface area contributed by atoms with Crippen LogP contribution in [-0.2, 0) is 6.61 Å². The van der Waals surface area contributed by atoms with Gasteiger partial charge in [-0.2, -0.15) is 0 Å². The molecule has 0 aliphatic carbocycles. The summed E-state index contributed by atoms with van der Waals surface area (Å²) < 4.78 is 0. The summed E-state index contributed by atoms with van der Waals surface area (Å²) in [5.41, 5.74) is 2.38. The first-order valence-corrected chi connectivity index (χ1v) is 4.95. The number of benzene rings is 1. The number of aliphatic hydroxyl groups excluding tert-OH is 1. The monoisotopic (exact) mass is 213 g/mol. The molecule has 0 amide bonds. The molecule has 1 aromatic rings. The maximum atomic E-state index is 9.17. The summed E-state index contributed by atoms with van der Waals surface area (Å²) in [5.74, 6) is 0. The van der Waals surface area contributed by atoms with Gasteiger partial charge >= 0.3 is 0 Å². The van der Waals surface area contributed by atoms with E-state index in [4.69, 9.17) is 5.11 Å². The van der Waals surface area contributed by atoms with Gasteiger partial charge in [0.2, 0.25) is 0 Å². The molecule has 2 nitrogen and oxygen atoms in total. The smallest absolute Gasteiger partial charge is 0.136 e. The number of para-hydroxylation sites is 1. The standard InChI is InChI=1S/C11H15NO.ClH/c13-9-10-5-1-2-6-11(10)12-7-3-4-8-12;/h1-2,5-6,13H,3-4,7-9H2;1H. The Bertz CT molecular complexity index is 284. The van der Waals surface area contributed by atoms with E-state index in [2.05, 4.69) is 12.1 Å². The van der Waals surface area contributed by atoms with Gasteiger partial charge in [-0.3, -0.25) is 0 Å². The number of hydrogen-bond donors (Lipinski definition) is 2. The Hall–Kier alpha value is -0.570. The second-order valence-electron chi connectivity index (χ2n) is 3.63. The zero-order valence-corrected chi connectivity index (χ0v) is 8.93. The van der Waals surface area contributed by atoms with Crippen LogP contribution in [0.4, 0.5) is 5.69 Å². The summed E-state index contributed by atoms with van der Waals surface area (Å²) in [6.07, 6.45) is 2.63. The lowest BCUT2D eigenvalue weighted by atomic mass is 10.2. The predicted molar refractivity (Wildman–Crippen MR) is 52.0 cm³/mol. The third kappa shape index (κ3) is 2.27. The maximum Gasteiger partial charge on any atom is 0.136 e. The number of nitrogens with one attached hydrogen (secondary N) is 1. The molecule has 1 aliphatic heterocycles. The van der Waals surface area contributed by atoms with E-state index in [1.165, 1.54) is 36.5 Å². The first-order valence-electron chi connectivity index (χ1n) is 4.95. The molecule has 2 rings (SSSR count). The van der Waals surface area contributed by atoms with Crippen LogP contribution in [0.3, 0.4) is 0 Å². The van der Waals surface area contributed by atoms with E-state index in [-0.39, 0.29) is 19.0 Å². The van der Waals surface area contributed by atoms with Gasteiger partial charge in [0.05, 0.1) is 19.7 Å². The van der Waals surface area contributed by atoms with Gasteiger partial charge in [0.15, 0.2) is 0 Å². The molecule has 0 spiro atoms. The van der Waals surface area contributed by atoms with Crippen molar-refractivity contribution in [3.8, 4) is 0 Å². The zero-order chi connectivity index (χ0) is 9.10. The minimum absolute atomic E-state index is 0. The summed E-state index contributed by atoms with van der Waals surface area (Å²) in [4.78, 5) is 1.53. The van der Waals surface area contributed by atoms with Gasteiger partial charge in [-0.05, 0) is 6.07 Å². The third-order valence-electron chi connectivity index (χ3n) is 2.78. The van der Waals surface area contributed by atoms with Crippen molar-refractivity contribution in [2.45, 2.75) is 19.4 Å². The normalized spacial score (nSPS) is 16.6. The number of hydrogen-bond acceptors (Lipinski definition) is 1. The molecule has 0 atom stereocenters. The van der Waals surface area contributed by atoms with Crippen molar-refractivity contribution in [2.75, 3.05) is 13.1 Å². The van der Waals surface area contributed by atoms with Gasteiger partial charge in [0, 0.05) is 18.4 Å². The molecular weight excluding hydrogens is 198 g/mol. The molecule has 14 heavy (non-hydrogen) atoms. The van der Waals surface area contributed by atoms with Crippen molar-refractivity contribution in [2.24, 2.45) is 0 Å². The van der Waals surface area contributed by atoms with E-state index in [1.54, 1.807) is 0 Å². The largest absolute Gasteiger partial charge is 1.00 e. The van der Waals surface area contributed by atoms with Gasteiger partial charge in [-0.25, -0.2) is 0 Å². The second kappa shape index (κ2) is 5.35. The van der Waals surface area contributed by atoms with Crippen LogP contribution >= 0.6 is 0 Å². The van der Waals surface area contributed by atoms with Crippen LogP contribution in [0.1, 0.15) is 18.4 Å². The summed E-state index contributed by atoms with van der Waals surface area (Å²) in [6.45, 7) is 2.60. The van der Waals surface area contributed by atoms with E-state index in [0.29, 0.717) is 0 Å². The highest BCUT2D eigenvalue weighted by Crippen LogP contribution is 2.11. The molecule has 2 N–H and O–H groups in total. The number of quaternary nitrogens is 1. The SMILES string of the molecule is OCc1ccccc1[NH+]1CCCC1.[Cl-]. The minimum atomic E-state index is 0. The highest BCUT2D eigenvalue weighted by Gasteiger charge is 2.19. The van der Waals surface area contributed by atoms with Crippen molar-refractivity contribution >= 4 is 5.69 Å². The Morgan fingerprint density at radius 3 is 2.43 bits per heavy atom. The maximum absolute atomic E-state index is 9.17. The van der Waals surface area contributed by atoms with Crippen molar-refractivity contribution in [3.05, 3.63) is 29.8 Å². The molecule has 78 valence electrons. The average Bonchev–Trinajstić information content (AvgIpc) is 2.70. The van der Waals surface area contributed by atoms with Crippen LogP contribution in [0.25, 0.3) is 0 Å². The molecule has 1 heterocycles.